The SMILES string of the molecule is CC/C=C\C/C=C\C/C=C\C/C=C\C/C=C\C/C=C\CCCCCCCCCCCCCCCCCCCCCCCCC(=O)NC(CO)C(O)CCCCCCCC. The monoisotopic (exact) mass is 822 g/mol. The smallest absolute Gasteiger partial charge is 0.220 e. The molecule has 59 heavy (non-hydrogen) atoms. The van der Waals surface area contributed by atoms with E-state index in [4.69, 9.17) is 0 Å². The lowest BCUT2D eigenvalue weighted by atomic mass is 10.0. The van der Waals surface area contributed by atoms with Crippen LogP contribution in [0.5, 0.6) is 0 Å². The summed E-state index contributed by atoms with van der Waals surface area (Å²) >= 11 is 0. The maximum atomic E-state index is 12.3. The van der Waals surface area contributed by atoms with Crippen molar-refractivity contribution in [2.45, 2.75) is 264 Å². The maximum Gasteiger partial charge on any atom is 0.220 e. The van der Waals surface area contributed by atoms with Gasteiger partial charge in [0.05, 0.1) is 18.8 Å². The summed E-state index contributed by atoms with van der Waals surface area (Å²) in [7, 11) is 0. The van der Waals surface area contributed by atoms with Crippen LogP contribution >= 0.6 is 0 Å². The standard InChI is InChI=1S/C55H99NO3/c1-3-5-7-9-11-12-13-14-15-16-17-18-19-20-21-22-23-24-25-26-27-28-29-30-31-32-33-34-35-36-37-38-39-40-41-42-43-44-45-47-49-51-55(59)56-53(52-57)54(58)50-48-46-10-8-6-4-2/h5,7,11-12,14-15,17-18,20-21,23-24,53-54,57-58H,3-4,6,8-10,13,16,19,22,25-52H2,1-2H3,(H,56,59)/b7-5-,12-11-,15-14-,18-17-,21-20-,24-23-. The van der Waals surface area contributed by atoms with E-state index in [2.05, 4.69) is 92.1 Å². The first-order valence-electron chi connectivity index (χ1n) is 25.6. The molecule has 342 valence electrons. The van der Waals surface area contributed by atoms with Crippen molar-refractivity contribution in [2.24, 2.45) is 0 Å². The number of aliphatic hydroxyl groups excluding tert-OH is 2. The number of carbonyl (C=O) groups excluding carboxylic acids is 1. The van der Waals surface area contributed by atoms with Crippen LogP contribution in [0.25, 0.3) is 0 Å². The van der Waals surface area contributed by atoms with Gasteiger partial charge in [-0.3, -0.25) is 4.79 Å². The summed E-state index contributed by atoms with van der Waals surface area (Å²) in [4.78, 5) is 12.3. The van der Waals surface area contributed by atoms with Gasteiger partial charge in [-0.1, -0.05) is 254 Å². The van der Waals surface area contributed by atoms with Crippen LogP contribution in [0.1, 0.15) is 251 Å². The third-order valence-corrected chi connectivity index (χ3v) is 11.5. The molecule has 0 saturated heterocycles. The third-order valence-electron chi connectivity index (χ3n) is 11.5. The Labute approximate surface area is 368 Å². The molecule has 0 spiro atoms. The van der Waals surface area contributed by atoms with Crippen LogP contribution in [-0.2, 0) is 4.79 Å². The van der Waals surface area contributed by atoms with Crippen LogP contribution in [0.3, 0.4) is 0 Å². The second-order valence-corrected chi connectivity index (χ2v) is 17.2. The average molecular weight is 822 g/mol. The van der Waals surface area contributed by atoms with Gasteiger partial charge in [0.15, 0.2) is 0 Å². The summed E-state index contributed by atoms with van der Waals surface area (Å²) in [6, 6.07) is -0.532. The van der Waals surface area contributed by atoms with E-state index in [1.807, 2.05) is 0 Å². The highest BCUT2D eigenvalue weighted by Crippen LogP contribution is 2.16. The fourth-order valence-corrected chi connectivity index (χ4v) is 7.60. The van der Waals surface area contributed by atoms with E-state index in [0.717, 1.165) is 64.2 Å². The molecule has 0 radical (unpaired) electrons. The molecule has 3 N–H and O–H groups in total. The van der Waals surface area contributed by atoms with Crippen molar-refractivity contribution in [2.75, 3.05) is 6.61 Å². The predicted molar refractivity (Wildman–Crippen MR) is 262 cm³/mol. The molecule has 4 heteroatoms. The minimum absolute atomic E-state index is 0.0354. The van der Waals surface area contributed by atoms with Gasteiger partial charge in [-0.25, -0.2) is 0 Å². The van der Waals surface area contributed by atoms with Crippen LogP contribution in [0.4, 0.5) is 0 Å². The summed E-state index contributed by atoms with van der Waals surface area (Å²) in [6.07, 6.45) is 72.0. The first-order valence-corrected chi connectivity index (χ1v) is 25.6. The van der Waals surface area contributed by atoms with Crippen LogP contribution in [0, 0.1) is 0 Å². The van der Waals surface area contributed by atoms with Gasteiger partial charge in [-0.2, -0.15) is 0 Å². The molecule has 0 fully saturated rings. The molecule has 2 atom stereocenters. The fourth-order valence-electron chi connectivity index (χ4n) is 7.60. The Morgan fingerprint density at radius 3 is 1.12 bits per heavy atom. The minimum atomic E-state index is -0.655. The number of rotatable bonds is 46. The zero-order valence-corrected chi connectivity index (χ0v) is 39.3. The van der Waals surface area contributed by atoms with E-state index in [-0.39, 0.29) is 12.5 Å². The molecule has 0 aliphatic heterocycles. The maximum absolute atomic E-state index is 12.3. The molecule has 0 saturated carbocycles. The van der Waals surface area contributed by atoms with Gasteiger partial charge in [0, 0.05) is 6.42 Å². The summed E-state index contributed by atoms with van der Waals surface area (Å²) in [5.41, 5.74) is 0. The summed E-state index contributed by atoms with van der Waals surface area (Å²) in [6.45, 7) is 4.19. The second-order valence-electron chi connectivity index (χ2n) is 17.2. The number of allylic oxidation sites excluding steroid dienone is 12. The van der Waals surface area contributed by atoms with E-state index >= 15 is 0 Å². The molecule has 0 aliphatic carbocycles. The third kappa shape index (κ3) is 46.7. The Balaban J connectivity index is 3.37. The second kappa shape index (κ2) is 50.2. The average Bonchev–Trinajstić information content (AvgIpc) is 3.24. The molecule has 0 bridgehead atoms. The van der Waals surface area contributed by atoms with Gasteiger partial charge >= 0.3 is 0 Å². The summed E-state index contributed by atoms with van der Waals surface area (Å²) in [5.74, 6) is -0.0354. The van der Waals surface area contributed by atoms with Gasteiger partial charge in [0.2, 0.25) is 5.91 Å². The van der Waals surface area contributed by atoms with Gasteiger partial charge in [0.25, 0.3) is 0 Å². The molecule has 0 aromatic rings. The fraction of sp³-hybridized carbons (Fsp3) is 0.764. The van der Waals surface area contributed by atoms with Crippen molar-refractivity contribution in [3.05, 3.63) is 72.9 Å². The van der Waals surface area contributed by atoms with Gasteiger partial charge < -0.3 is 15.5 Å². The molecule has 0 heterocycles. The molecule has 0 aromatic heterocycles. The number of aliphatic hydroxyl groups is 2. The molecular weight excluding hydrogens is 723 g/mol. The first kappa shape index (κ1) is 56.8. The highest BCUT2D eigenvalue weighted by molar-refractivity contribution is 5.76. The van der Waals surface area contributed by atoms with E-state index in [1.54, 1.807) is 0 Å². The van der Waals surface area contributed by atoms with Gasteiger partial charge in [-0.15, -0.1) is 0 Å². The molecule has 2 unspecified atom stereocenters. The van der Waals surface area contributed by atoms with Gasteiger partial charge in [-0.05, 0) is 64.2 Å². The van der Waals surface area contributed by atoms with E-state index in [9.17, 15) is 15.0 Å². The molecule has 0 aromatic carbocycles. The van der Waals surface area contributed by atoms with E-state index in [1.165, 1.54) is 161 Å². The molecule has 0 rings (SSSR count). The van der Waals surface area contributed by atoms with Crippen molar-refractivity contribution in [1.82, 2.24) is 5.32 Å². The first-order chi connectivity index (χ1) is 29.2. The Morgan fingerprint density at radius 2 is 0.746 bits per heavy atom. The quantitative estimate of drug-likeness (QED) is 0.0423. The molecule has 0 aliphatic rings. The predicted octanol–water partition coefficient (Wildman–Crippen LogP) is 16.6. The Hall–Kier alpha value is -2.17. The van der Waals surface area contributed by atoms with Crippen molar-refractivity contribution >= 4 is 5.91 Å². The largest absolute Gasteiger partial charge is 0.394 e. The zero-order chi connectivity index (χ0) is 42.8. The number of carbonyl (C=O) groups is 1. The topological polar surface area (TPSA) is 69.6 Å². The van der Waals surface area contributed by atoms with E-state index < -0.39 is 12.1 Å². The van der Waals surface area contributed by atoms with Crippen LogP contribution < -0.4 is 5.32 Å². The van der Waals surface area contributed by atoms with Crippen molar-refractivity contribution < 1.29 is 15.0 Å². The van der Waals surface area contributed by atoms with Gasteiger partial charge in [0.1, 0.15) is 0 Å². The number of nitrogens with one attached hydrogen (secondary N) is 1. The zero-order valence-electron chi connectivity index (χ0n) is 39.3. The molecule has 1 amide bonds. The molecular formula is C55H99NO3. The number of unbranched alkanes of at least 4 members (excludes halogenated alkanes) is 27. The van der Waals surface area contributed by atoms with Crippen LogP contribution in [0.15, 0.2) is 72.9 Å². The summed E-state index contributed by atoms with van der Waals surface area (Å²) in [5, 5.41) is 22.9. The number of hydrogen-bond acceptors (Lipinski definition) is 3. The highest BCUT2D eigenvalue weighted by atomic mass is 16.3. The number of amides is 1. The Bertz CT molecular complexity index is 1020. The minimum Gasteiger partial charge on any atom is -0.394 e. The molecule has 4 nitrogen and oxygen atoms in total. The lowest BCUT2D eigenvalue weighted by molar-refractivity contribution is -0.123. The van der Waals surface area contributed by atoms with Crippen LogP contribution in [-0.4, -0.2) is 34.9 Å². The lowest BCUT2D eigenvalue weighted by Crippen LogP contribution is -2.45. The normalized spacial score (nSPS) is 13.5. The van der Waals surface area contributed by atoms with Crippen molar-refractivity contribution in [1.29, 1.82) is 0 Å². The van der Waals surface area contributed by atoms with Crippen LogP contribution in [0.2, 0.25) is 0 Å². The van der Waals surface area contributed by atoms with Crippen molar-refractivity contribution in [3.63, 3.8) is 0 Å². The summed E-state index contributed by atoms with van der Waals surface area (Å²) < 4.78 is 0. The number of hydrogen-bond donors (Lipinski definition) is 3. The Morgan fingerprint density at radius 1 is 0.424 bits per heavy atom. The van der Waals surface area contributed by atoms with Crippen molar-refractivity contribution in [3.8, 4) is 0 Å². The Kier molecular flexibility index (Phi) is 48.3. The lowest BCUT2D eigenvalue weighted by Gasteiger charge is -2.22. The van der Waals surface area contributed by atoms with E-state index in [0.29, 0.717) is 12.8 Å². The highest BCUT2D eigenvalue weighted by Gasteiger charge is 2.20.